The van der Waals surface area contributed by atoms with Crippen molar-refractivity contribution in [1.82, 2.24) is 16.0 Å². The van der Waals surface area contributed by atoms with E-state index < -0.39 is 154 Å². The molecule has 0 bridgehead atoms. The Morgan fingerprint density at radius 2 is 1.51 bits per heavy atom. The molecule has 3 amide bonds. The first-order valence-corrected chi connectivity index (χ1v) is 20.7. The Morgan fingerprint density at radius 1 is 0.846 bits per heavy atom. The molecular weight excluding hydrogens is 868 g/mol. The number of aliphatic hydroxyl groups is 9. The number of amides is 3. The third kappa shape index (κ3) is 12.8. The standard InChI is InChI=1S/C41H58N4O20/c1-19(48)44-30-33(55)36(25(16-46)62-38(30)60-12-11-42)64-39-35(57)34(56)32(54)26(63-39)18-61-41(40(58)59)14-23(49)29(45-28(52)17-47)37(65-41)31(53)24(50)15-43-27(51)13-20-7-9-22(10-8-20)21-5-3-2-4-6-21/h2-10,23-26,29-39,46-47,49-50,53-57H,11-18,42H2,1H3,(H,43,51)(H,44,48)(H,45,52)(H,58,59)/p-1/t23-,24-,25?,26?,29-,30?,31-,32+,33-,34+,35?,36-,37?,38-,39+,41-/m1/s1. The van der Waals surface area contributed by atoms with Crippen molar-refractivity contribution < 1.29 is 98.7 Å². The summed E-state index contributed by atoms with van der Waals surface area (Å²) in [7, 11) is 0. The summed E-state index contributed by atoms with van der Waals surface area (Å²) in [6, 6.07) is 13.5. The molecule has 0 radical (unpaired) electrons. The van der Waals surface area contributed by atoms with Gasteiger partial charge in [0.1, 0.15) is 73.6 Å². The fourth-order valence-corrected chi connectivity index (χ4v) is 7.68. The van der Waals surface area contributed by atoms with Gasteiger partial charge in [-0.15, -0.1) is 0 Å². The van der Waals surface area contributed by atoms with E-state index in [-0.39, 0.29) is 19.6 Å². The topological polar surface area (TPSA) is 391 Å². The van der Waals surface area contributed by atoms with E-state index in [0.717, 1.165) is 18.1 Å². The molecule has 0 saturated carbocycles. The van der Waals surface area contributed by atoms with Gasteiger partial charge in [0.15, 0.2) is 12.6 Å². The van der Waals surface area contributed by atoms with Crippen LogP contribution in [0.25, 0.3) is 11.1 Å². The van der Waals surface area contributed by atoms with Gasteiger partial charge in [-0.2, -0.15) is 0 Å². The Bertz CT molecular complexity index is 1870. The van der Waals surface area contributed by atoms with E-state index in [9.17, 15) is 70.2 Å². The predicted octanol–water partition coefficient (Wildman–Crippen LogP) is -7.43. The van der Waals surface area contributed by atoms with Gasteiger partial charge in [0, 0.05) is 26.4 Å². The lowest BCUT2D eigenvalue weighted by molar-refractivity contribution is -0.390. The molecule has 0 spiro atoms. The van der Waals surface area contributed by atoms with Crippen molar-refractivity contribution in [3.05, 3.63) is 60.2 Å². The maximum atomic E-state index is 12.9. The Balaban J connectivity index is 1.28. The van der Waals surface area contributed by atoms with Crippen LogP contribution in [0.1, 0.15) is 18.9 Å². The van der Waals surface area contributed by atoms with E-state index >= 15 is 0 Å². The Hall–Kier alpha value is -4.32. The van der Waals surface area contributed by atoms with E-state index in [1.165, 1.54) is 0 Å². The summed E-state index contributed by atoms with van der Waals surface area (Å²) >= 11 is 0. The van der Waals surface area contributed by atoms with Gasteiger partial charge in [0.25, 0.3) is 0 Å². The number of aliphatic hydroxyl groups excluding tert-OH is 9. The number of rotatable bonds is 20. The van der Waals surface area contributed by atoms with Crippen LogP contribution in [0, 0.1) is 0 Å². The Kier molecular flexibility index (Phi) is 18.6. The predicted molar refractivity (Wildman–Crippen MR) is 215 cm³/mol. The van der Waals surface area contributed by atoms with E-state index in [0.29, 0.717) is 5.56 Å². The summed E-state index contributed by atoms with van der Waals surface area (Å²) in [6.45, 7) is -2.56. The minimum atomic E-state index is -3.07. The lowest BCUT2D eigenvalue weighted by Crippen LogP contribution is -2.70. The van der Waals surface area contributed by atoms with Gasteiger partial charge in [-0.05, 0) is 16.7 Å². The first-order valence-electron chi connectivity index (χ1n) is 20.7. The Morgan fingerprint density at radius 3 is 2.12 bits per heavy atom. The molecular formula is C41H57N4O20-. The molecule has 0 aliphatic carbocycles. The maximum absolute atomic E-state index is 12.9. The number of nitrogens with one attached hydrogen (secondary N) is 3. The highest BCUT2D eigenvalue weighted by molar-refractivity contribution is 5.79. The van der Waals surface area contributed by atoms with Gasteiger partial charge in [-0.3, -0.25) is 14.4 Å². The minimum Gasteiger partial charge on any atom is -0.544 e. The van der Waals surface area contributed by atoms with Crippen LogP contribution < -0.4 is 26.8 Å². The van der Waals surface area contributed by atoms with Crippen molar-refractivity contribution >= 4 is 23.7 Å². The lowest BCUT2D eigenvalue weighted by atomic mass is 9.88. The second kappa shape index (κ2) is 23.4. The number of aliphatic carboxylic acids is 1. The molecule has 5 rings (SSSR count). The molecule has 0 aromatic heterocycles. The van der Waals surface area contributed by atoms with E-state index in [1.807, 2.05) is 42.5 Å². The largest absolute Gasteiger partial charge is 0.544 e. The molecule has 14 N–H and O–H groups in total. The van der Waals surface area contributed by atoms with E-state index in [2.05, 4.69) is 16.0 Å². The van der Waals surface area contributed by atoms with Gasteiger partial charge in [-0.25, -0.2) is 0 Å². The summed E-state index contributed by atoms with van der Waals surface area (Å²) in [6.07, 6.45) is -25.5. The molecule has 3 aliphatic heterocycles. The first-order chi connectivity index (χ1) is 30.9. The summed E-state index contributed by atoms with van der Waals surface area (Å²) in [5.41, 5.74) is 7.98. The quantitative estimate of drug-likeness (QED) is 0.0587. The van der Waals surface area contributed by atoms with Gasteiger partial charge in [-0.1, -0.05) is 54.6 Å². The number of carbonyl (C=O) groups excluding carboxylic acids is 4. The van der Waals surface area contributed by atoms with Gasteiger partial charge in [0.05, 0.1) is 44.5 Å². The number of carbonyl (C=O) groups is 4. The van der Waals surface area contributed by atoms with Crippen LogP contribution in [0.15, 0.2) is 54.6 Å². The summed E-state index contributed by atoms with van der Waals surface area (Å²) in [5.74, 6) is -7.56. The second-order valence-corrected chi connectivity index (χ2v) is 15.8. The third-order valence-corrected chi connectivity index (χ3v) is 11.1. The molecule has 24 heteroatoms. The molecule has 3 aliphatic rings. The fourth-order valence-electron chi connectivity index (χ4n) is 7.68. The van der Waals surface area contributed by atoms with Crippen molar-refractivity contribution in [3.63, 3.8) is 0 Å². The number of hydrogen-bond donors (Lipinski definition) is 13. The molecule has 3 heterocycles. The number of carboxylic acids is 1. The zero-order valence-corrected chi connectivity index (χ0v) is 35.1. The van der Waals surface area contributed by atoms with Crippen LogP contribution in [-0.4, -0.2) is 207 Å². The minimum absolute atomic E-state index is 0.0258. The van der Waals surface area contributed by atoms with Crippen molar-refractivity contribution in [2.75, 3.05) is 39.5 Å². The monoisotopic (exact) mass is 925 g/mol. The molecule has 5 unspecified atom stereocenters. The van der Waals surface area contributed by atoms with Crippen molar-refractivity contribution in [2.24, 2.45) is 5.73 Å². The number of benzene rings is 2. The summed E-state index contributed by atoms with van der Waals surface area (Å²) in [4.78, 5) is 49.9. The van der Waals surface area contributed by atoms with Crippen LogP contribution in [-0.2, 0) is 54.0 Å². The third-order valence-electron chi connectivity index (χ3n) is 11.1. The van der Waals surface area contributed by atoms with Crippen LogP contribution in [0.2, 0.25) is 0 Å². The average molecular weight is 926 g/mol. The molecule has 3 fully saturated rings. The van der Waals surface area contributed by atoms with Crippen LogP contribution in [0.4, 0.5) is 0 Å². The Labute approximate surface area is 371 Å². The van der Waals surface area contributed by atoms with Crippen molar-refractivity contribution in [2.45, 2.75) is 117 Å². The smallest absolute Gasteiger partial charge is 0.246 e. The molecule has 2 aromatic carbocycles. The number of carboxylic acid groups (broad SMARTS) is 1. The molecule has 24 nitrogen and oxygen atoms in total. The molecule has 16 atom stereocenters. The zero-order chi connectivity index (χ0) is 47.6. The lowest BCUT2D eigenvalue weighted by Gasteiger charge is -2.50. The normalized spacial score (nSPS) is 33.6. The fraction of sp³-hybridized carbons (Fsp3) is 0.610. The molecule has 65 heavy (non-hydrogen) atoms. The molecule has 362 valence electrons. The second-order valence-electron chi connectivity index (χ2n) is 15.8. The van der Waals surface area contributed by atoms with E-state index in [4.69, 9.17) is 34.2 Å². The maximum Gasteiger partial charge on any atom is 0.246 e. The van der Waals surface area contributed by atoms with Crippen molar-refractivity contribution in [3.8, 4) is 11.1 Å². The SMILES string of the molecule is CC(=O)NC1[C@H](OCCN)OC(CO)[C@@H](O[C@@H]2OC(CO[C@]3(C(=O)[O-])C[C@@H](O)[C@@H](NC(=O)CO)C([C@H](O)[C@H](O)CNC(=O)Cc4ccc(-c5ccccc5)cc4)O3)[C@H](O)[C@H](O)C2O)[C@@H]1O. The highest BCUT2D eigenvalue weighted by Crippen LogP contribution is 2.35. The molecule has 2 aromatic rings. The van der Waals surface area contributed by atoms with Crippen LogP contribution in [0.3, 0.4) is 0 Å². The summed E-state index contributed by atoms with van der Waals surface area (Å²) in [5, 5.41) is 117. The van der Waals surface area contributed by atoms with Crippen LogP contribution in [0.5, 0.6) is 0 Å². The number of hydrogen-bond acceptors (Lipinski definition) is 21. The van der Waals surface area contributed by atoms with Gasteiger partial charge < -0.3 is 106 Å². The highest BCUT2D eigenvalue weighted by Gasteiger charge is 2.55. The van der Waals surface area contributed by atoms with E-state index in [1.54, 1.807) is 12.1 Å². The summed E-state index contributed by atoms with van der Waals surface area (Å²) < 4.78 is 33.8. The zero-order valence-electron chi connectivity index (χ0n) is 35.1. The van der Waals surface area contributed by atoms with Crippen LogP contribution >= 0.6 is 0 Å². The molecule has 3 saturated heterocycles. The number of nitrogens with two attached hydrogens (primary N) is 1. The highest BCUT2D eigenvalue weighted by atomic mass is 16.8. The first kappa shape index (κ1) is 51.7. The van der Waals surface area contributed by atoms with Crippen molar-refractivity contribution in [1.29, 1.82) is 0 Å². The van der Waals surface area contributed by atoms with Gasteiger partial charge in [0.2, 0.25) is 23.5 Å². The number of ether oxygens (including phenoxy) is 6. The van der Waals surface area contributed by atoms with Gasteiger partial charge >= 0.3 is 0 Å². The average Bonchev–Trinajstić information content (AvgIpc) is 3.29.